The zero-order chi connectivity index (χ0) is 18.4. The van der Waals surface area contributed by atoms with Gasteiger partial charge in [0.15, 0.2) is 11.3 Å². The van der Waals surface area contributed by atoms with E-state index < -0.39 is 0 Å². The van der Waals surface area contributed by atoms with Crippen molar-refractivity contribution in [3.05, 3.63) is 53.4 Å². The number of nitrogens with one attached hydrogen (secondary N) is 1. The molecule has 2 aromatic carbocycles. The highest BCUT2D eigenvalue weighted by atomic mass is 16.3. The van der Waals surface area contributed by atoms with E-state index in [9.17, 15) is 0 Å². The molecule has 0 unspecified atom stereocenters. The van der Waals surface area contributed by atoms with Crippen LogP contribution in [0.25, 0.3) is 33.3 Å². The summed E-state index contributed by atoms with van der Waals surface area (Å²) in [5, 5.41) is 7.17. The molecule has 0 spiro atoms. The number of fused-ring (bicyclic) bond motifs is 7. The molecule has 0 fully saturated rings. The second-order valence-electron chi connectivity index (χ2n) is 7.15. The number of hydrogen-bond acceptors (Lipinski definition) is 3. The van der Waals surface area contributed by atoms with Crippen molar-refractivity contribution in [3.8, 4) is 11.5 Å². The molecule has 27 heavy (non-hydrogen) atoms. The molecule has 2 aromatic rings. The fourth-order valence-electron chi connectivity index (χ4n) is 4.28. The third kappa shape index (κ3) is 2.51. The van der Waals surface area contributed by atoms with Crippen LogP contribution in [0.4, 0.5) is 5.69 Å². The standard InChI is InChI=1S/C23H23N3O/c1-3-26(4-2)15-11-12-19-20(14-15)27-23-18-10-7-13-24-21(18)16-8-5-6-9-17(16)22(23)25-19/h5-6,8-9,11-12,14H,3-4,7,10,13H2,1-2H3/p+1. The number of hydrogen-bond donors (Lipinski definition) is 1. The first-order valence-electron chi connectivity index (χ1n) is 9.90. The van der Waals surface area contributed by atoms with Crippen LogP contribution in [0.2, 0.25) is 0 Å². The Bertz CT molecular complexity index is 1200. The van der Waals surface area contributed by atoms with Crippen LogP contribution in [0.5, 0.6) is 0 Å². The summed E-state index contributed by atoms with van der Waals surface area (Å²) in [7, 11) is 0. The van der Waals surface area contributed by atoms with E-state index in [0.717, 1.165) is 60.4 Å². The Labute approximate surface area is 158 Å². The fraction of sp³-hybridized carbons (Fsp3) is 0.304. The lowest BCUT2D eigenvalue weighted by molar-refractivity contribution is 0.595. The molecular weight excluding hydrogens is 334 g/mol. The van der Waals surface area contributed by atoms with Crippen molar-refractivity contribution >= 4 is 27.6 Å². The van der Waals surface area contributed by atoms with Crippen LogP contribution >= 0.6 is 0 Å². The summed E-state index contributed by atoms with van der Waals surface area (Å²) in [5.41, 5.74) is 5.29. The first-order valence-corrected chi connectivity index (χ1v) is 9.90. The second kappa shape index (κ2) is 6.38. The molecule has 0 saturated carbocycles. The monoisotopic (exact) mass is 358 g/mol. The zero-order valence-corrected chi connectivity index (χ0v) is 15.9. The van der Waals surface area contributed by atoms with Gasteiger partial charge in [-0.2, -0.15) is 0 Å². The van der Waals surface area contributed by atoms with Crippen LogP contribution in [0, 0.1) is 0 Å². The fourth-order valence-corrected chi connectivity index (χ4v) is 4.28. The molecule has 5 rings (SSSR count). The highest BCUT2D eigenvalue weighted by Gasteiger charge is 2.21. The Kier molecular flexibility index (Phi) is 3.85. The Morgan fingerprint density at radius 1 is 1.07 bits per heavy atom. The minimum atomic E-state index is 0.856. The van der Waals surface area contributed by atoms with Crippen molar-refractivity contribution in [1.82, 2.24) is 9.56 Å². The number of aromatic nitrogens is 1. The maximum absolute atomic E-state index is 6.50. The van der Waals surface area contributed by atoms with Gasteiger partial charge in [-0.25, -0.2) is 9.56 Å². The lowest BCUT2D eigenvalue weighted by Crippen LogP contribution is -2.29. The van der Waals surface area contributed by atoms with Crippen molar-refractivity contribution in [3.63, 3.8) is 0 Å². The summed E-state index contributed by atoms with van der Waals surface area (Å²) in [6.07, 6.45) is 2.14. The summed E-state index contributed by atoms with van der Waals surface area (Å²) in [6, 6.07) is 14.9. The number of anilines is 1. The van der Waals surface area contributed by atoms with E-state index in [1.54, 1.807) is 0 Å². The first-order chi connectivity index (χ1) is 13.3. The van der Waals surface area contributed by atoms with Gasteiger partial charge in [0.2, 0.25) is 5.36 Å². The molecule has 0 amide bonds. The largest absolute Gasteiger partial charge is 0.452 e. The molecule has 4 nitrogen and oxygen atoms in total. The SMILES string of the molecule is CC[N+](CC)=c1ccc2nc3c(oc-2c1)c1c(c2ccccc23)NCCC1. The van der Waals surface area contributed by atoms with Gasteiger partial charge in [0.25, 0.3) is 0 Å². The molecule has 0 aromatic heterocycles. The van der Waals surface area contributed by atoms with Gasteiger partial charge in [-0.15, -0.1) is 0 Å². The summed E-state index contributed by atoms with van der Waals surface area (Å²) in [4.78, 5) is 5.03. The van der Waals surface area contributed by atoms with Gasteiger partial charge in [0, 0.05) is 34.6 Å². The molecule has 1 aliphatic carbocycles. The van der Waals surface area contributed by atoms with Gasteiger partial charge >= 0.3 is 0 Å². The Hall–Kier alpha value is -2.88. The molecule has 0 atom stereocenters. The van der Waals surface area contributed by atoms with E-state index in [1.807, 2.05) is 0 Å². The average molecular weight is 358 g/mol. The normalized spacial score (nSPS) is 13.7. The number of nitrogens with zero attached hydrogens (tertiary/aromatic N) is 2. The van der Waals surface area contributed by atoms with Crippen LogP contribution in [0.1, 0.15) is 25.8 Å². The average Bonchev–Trinajstić information content (AvgIpc) is 2.73. The zero-order valence-electron chi connectivity index (χ0n) is 15.9. The summed E-state index contributed by atoms with van der Waals surface area (Å²) < 4.78 is 8.83. The van der Waals surface area contributed by atoms with E-state index in [0.29, 0.717) is 0 Å². The van der Waals surface area contributed by atoms with Crippen molar-refractivity contribution in [1.29, 1.82) is 0 Å². The van der Waals surface area contributed by atoms with E-state index in [4.69, 9.17) is 9.40 Å². The molecular formula is C23H24N3O+. The quantitative estimate of drug-likeness (QED) is 0.331. The maximum atomic E-state index is 6.50. The molecule has 0 saturated heterocycles. The smallest absolute Gasteiger partial charge is 0.203 e. The lowest BCUT2D eigenvalue weighted by Gasteiger charge is -2.22. The van der Waals surface area contributed by atoms with Gasteiger partial charge in [-0.05, 0) is 32.8 Å². The topological polar surface area (TPSA) is 41.1 Å². The van der Waals surface area contributed by atoms with Crippen molar-refractivity contribution < 1.29 is 4.42 Å². The second-order valence-corrected chi connectivity index (χ2v) is 7.15. The molecule has 136 valence electrons. The number of rotatable bonds is 2. The van der Waals surface area contributed by atoms with Gasteiger partial charge in [-0.1, -0.05) is 24.3 Å². The molecule has 1 N–H and O–H groups in total. The van der Waals surface area contributed by atoms with E-state index in [1.165, 1.54) is 22.0 Å². The highest BCUT2D eigenvalue weighted by Crippen LogP contribution is 2.39. The predicted molar refractivity (Wildman–Crippen MR) is 111 cm³/mol. The number of aryl methyl sites for hydroxylation is 1. The van der Waals surface area contributed by atoms with E-state index >= 15 is 0 Å². The number of benzene rings is 3. The minimum absolute atomic E-state index is 0.856. The van der Waals surface area contributed by atoms with Crippen LogP contribution < -0.4 is 15.2 Å². The Morgan fingerprint density at radius 3 is 2.70 bits per heavy atom. The van der Waals surface area contributed by atoms with Gasteiger partial charge in [0.1, 0.15) is 24.3 Å². The van der Waals surface area contributed by atoms with Gasteiger partial charge < -0.3 is 9.73 Å². The molecule has 2 aliphatic heterocycles. The molecule has 4 heteroatoms. The van der Waals surface area contributed by atoms with E-state index in [2.05, 4.69) is 66.2 Å². The van der Waals surface area contributed by atoms with Crippen LogP contribution in [-0.4, -0.2) is 24.6 Å². The predicted octanol–water partition coefficient (Wildman–Crippen LogP) is 4.26. The summed E-state index contributed by atoms with van der Waals surface area (Å²) in [5.74, 6) is 0.856. The van der Waals surface area contributed by atoms with Crippen molar-refractivity contribution in [2.24, 2.45) is 0 Å². The first kappa shape index (κ1) is 16.3. The molecule has 0 bridgehead atoms. The van der Waals surface area contributed by atoms with Crippen molar-refractivity contribution in [2.45, 2.75) is 26.7 Å². The third-order valence-electron chi connectivity index (χ3n) is 5.66. The summed E-state index contributed by atoms with van der Waals surface area (Å²) in [6.45, 7) is 7.32. The lowest BCUT2D eigenvalue weighted by atomic mass is 9.96. The minimum Gasteiger partial charge on any atom is -0.452 e. The summed E-state index contributed by atoms with van der Waals surface area (Å²) >= 11 is 0. The van der Waals surface area contributed by atoms with Crippen LogP contribution in [0.15, 0.2) is 46.9 Å². The molecule has 0 radical (unpaired) electrons. The van der Waals surface area contributed by atoms with E-state index in [-0.39, 0.29) is 0 Å². The van der Waals surface area contributed by atoms with Gasteiger partial charge in [-0.3, -0.25) is 0 Å². The Balaban J connectivity index is 1.92. The van der Waals surface area contributed by atoms with Gasteiger partial charge in [0.05, 0.1) is 6.07 Å². The molecule has 2 heterocycles. The molecule has 3 aliphatic rings. The maximum Gasteiger partial charge on any atom is 0.203 e. The highest BCUT2D eigenvalue weighted by molar-refractivity contribution is 6.12. The van der Waals surface area contributed by atoms with Crippen LogP contribution in [0.3, 0.4) is 0 Å². The Morgan fingerprint density at radius 2 is 1.89 bits per heavy atom. The third-order valence-corrected chi connectivity index (χ3v) is 5.66. The van der Waals surface area contributed by atoms with Crippen LogP contribution in [-0.2, 0) is 6.42 Å². The van der Waals surface area contributed by atoms with Crippen molar-refractivity contribution in [2.75, 3.05) is 25.0 Å².